The van der Waals surface area contributed by atoms with Crippen molar-refractivity contribution in [3.63, 3.8) is 0 Å². The first kappa shape index (κ1) is 49.7. The van der Waals surface area contributed by atoms with E-state index in [2.05, 4.69) is 48.3 Å². The number of nitrogens with two attached hydrogens (primary N) is 1. The molecule has 0 spiro atoms. The van der Waals surface area contributed by atoms with Gasteiger partial charge in [0.15, 0.2) is 31.3 Å². The van der Waals surface area contributed by atoms with Crippen LogP contribution in [0.1, 0.15) is 22.3 Å². The fourth-order valence-electron chi connectivity index (χ4n) is 5.01. The van der Waals surface area contributed by atoms with Crippen molar-refractivity contribution in [3.05, 3.63) is 154 Å². The summed E-state index contributed by atoms with van der Waals surface area (Å²) in [6.45, 7) is 0. The number of aromatic nitrogens is 4. The van der Waals surface area contributed by atoms with Gasteiger partial charge in [-0.2, -0.15) is 0 Å². The number of alkyl halides is 1. The predicted octanol–water partition coefficient (Wildman–Crippen LogP) is 6.82. The molecule has 6 rings (SSSR count). The predicted molar refractivity (Wildman–Crippen MR) is 241 cm³/mol. The molecule has 15 nitrogen and oxygen atoms in total. The third-order valence-electron chi connectivity index (χ3n) is 7.71. The Bertz CT molecular complexity index is 2520. The van der Waals surface area contributed by atoms with E-state index in [1.54, 1.807) is 109 Å². The average molecular weight is 930 g/mol. The molecule has 6 aromatic rings. The van der Waals surface area contributed by atoms with Crippen LogP contribution >= 0.6 is 34.8 Å². The molecular formula is C41H43Cl3N8O7S2. The van der Waals surface area contributed by atoms with E-state index in [4.69, 9.17) is 34.2 Å². The summed E-state index contributed by atoms with van der Waals surface area (Å²) in [6.07, 6.45) is 4.14. The molecule has 0 bridgehead atoms. The monoisotopic (exact) mass is 928 g/mol. The number of nitrogens with zero attached hydrogens (tertiary/aromatic N) is 4. The molecule has 61 heavy (non-hydrogen) atoms. The molecule has 0 aliphatic heterocycles. The van der Waals surface area contributed by atoms with Gasteiger partial charge in [-0.3, -0.25) is 20.4 Å². The van der Waals surface area contributed by atoms with Crippen LogP contribution < -0.4 is 22.1 Å². The highest BCUT2D eigenvalue weighted by Crippen LogP contribution is 2.20. The van der Waals surface area contributed by atoms with Gasteiger partial charge in [0.1, 0.15) is 0 Å². The first-order valence-electron chi connectivity index (χ1n) is 17.8. The molecule has 0 saturated carbocycles. The number of amides is 1. The molecule has 6 N–H and O–H groups in total. The van der Waals surface area contributed by atoms with E-state index in [0.717, 1.165) is 27.8 Å². The molecule has 0 radical (unpaired) electrons. The summed E-state index contributed by atoms with van der Waals surface area (Å²) < 4.78 is 45.1. The van der Waals surface area contributed by atoms with Crippen LogP contribution in [0.5, 0.6) is 0 Å². The Balaban J connectivity index is 0.000000265. The number of aliphatic carboxylic acids is 1. The molecular weight excluding hydrogens is 887 g/mol. The summed E-state index contributed by atoms with van der Waals surface area (Å²) in [5.41, 5.74) is 13.8. The number of halogens is 3. The average Bonchev–Trinajstić information content (AvgIpc) is 3.22. The minimum atomic E-state index is -3.07. The number of hydrazine groups is 2. The maximum Gasteiger partial charge on any atom is 0.307 e. The molecule has 2 aromatic heterocycles. The highest BCUT2D eigenvalue weighted by molar-refractivity contribution is 7.90. The molecule has 2 heterocycles. The fraction of sp³-hybridized carbons (Fsp3) is 0.171. The van der Waals surface area contributed by atoms with E-state index >= 15 is 0 Å². The maximum atomic E-state index is 12.0. The highest BCUT2D eigenvalue weighted by atomic mass is 35.5. The molecule has 0 fully saturated rings. The molecule has 0 aliphatic rings. The van der Waals surface area contributed by atoms with Crippen molar-refractivity contribution in [1.82, 2.24) is 25.8 Å². The zero-order chi connectivity index (χ0) is 45.0. The first-order chi connectivity index (χ1) is 28.9. The standard InChI is InChI=1S/C20H19ClN4O3S.C12H14N4O2S.C8H7ClO2.CH3Cl/c1-29(27,28)13-15-2-6-16(7-3-15)18-10-11-19(23-22-18)24-25-20(26)12-14-4-8-17(21)9-5-14;1-19(17,18)8-9-2-4-10(5-3-9)11-6-7-12(14-13)16-15-11;9-7-3-1-6(2-4-7)5-8(10)11;1-2/h2-11H,12-13H2,1H3,(H,23,24)(H,25,26);2-7H,8,13H2,1H3,(H,14,16);1-4H,5H2,(H,10,11);1H3. The van der Waals surface area contributed by atoms with Gasteiger partial charge in [-0.1, -0.05) is 96.0 Å². The van der Waals surface area contributed by atoms with Gasteiger partial charge < -0.3 is 10.5 Å². The lowest BCUT2D eigenvalue weighted by Gasteiger charge is -2.08. The number of carbonyl (C=O) groups excluding carboxylic acids is 1. The number of carboxylic acids is 1. The molecule has 4 aromatic carbocycles. The van der Waals surface area contributed by atoms with E-state index in [1.165, 1.54) is 18.9 Å². The summed E-state index contributed by atoms with van der Waals surface area (Å²) in [6, 6.07) is 35.0. The Labute approximate surface area is 369 Å². The Hall–Kier alpha value is -5.69. The van der Waals surface area contributed by atoms with Gasteiger partial charge in [-0.15, -0.1) is 32.0 Å². The van der Waals surface area contributed by atoms with Gasteiger partial charge in [-0.05, 0) is 70.8 Å². The summed E-state index contributed by atoms with van der Waals surface area (Å²) in [5.74, 6) is 5.07. The number of carbonyl (C=O) groups is 2. The second-order valence-corrected chi connectivity index (χ2v) is 18.1. The highest BCUT2D eigenvalue weighted by Gasteiger charge is 2.09. The number of hydrogen-bond donors (Lipinski definition) is 5. The van der Waals surface area contributed by atoms with Crippen LogP contribution in [0.4, 0.5) is 11.6 Å². The summed E-state index contributed by atoms with van der Waals surface area (Å²) >= 11 is 16.1. The molecule has 322 valence electrons. The van der Waals surface area contributed by atoms with Crippen LogP contribution in [0.15, 0.2) is 121 Å². The van der Waals surface area contributed by atoms with Gasteiger partial charge in [0.25, 0.3) is 0 Å². The second kappa shape index (κ2) is 24.5. The van der Waals surface area contributed by atoms with E-state index in [9.17, 15) is 26.4 Å². The first-order valence-corrected chi connectivity index (χ1v) is 23.4. The number of anilines is 2. The Morgan fingerprint density at radius 2 is 0.934 bits per heavy atom. The largest absolute Gasteiger partial charge is 0.481 e. The summed E-state index contributed by atoms with van der Waals surface area (Å²) in [4.78, 5) is 22.2. The van der Waals surface area contributed by atoms with Crippen LogP contribution in [0.25, 0.3) is 22.5 Å². The van der Waals surface area contributed by atoms with Crippen molar-refractivity contribution in [3.8, 4) is 22.5 Å². The number of nitrogen functional groups attached to an aromatic ring is 1. The van der Waals surface area contributed by atoms with Crippen molar-refractivity contribution in [1.29, 1.82) is 0 Å². The van der Waals surface area contributed by atoms with Crippen LogP contribution in [-0.4, -0.2) is 73.1 Å². The Morgan fingerprint density at radius 3 is 1.28 bits per heavy atom. The van der Waals surface area contributed by atoms with Gasteiger partial charge in [0.2, 0.25) is 5.91 Å². The molecule has 0 aliphatic carbocycles. The van der Waals surface area contributed by atoms with Crippen LogP contribution in [0, 0.1) is 0 Å². The van der Waals surface area contributed by atoms with Gasteiger partial charge in [0, 0.05) is 40.1 Å². The quantitative estimate of drug-likeness (QED) is 0.0454. The van der Waals surface area contributed by atoms with Crippen molar-refractivity contribution in [2.24, 2.45) is 5.84 Å². The normalized spacial score (nSPS) is 10.6. The zero-order valence-corrected chi connectivity index (χ0v) is 37.0. The number of rotatable bonds is 13. The number of benzene rings is 4. The van der Waals surface area contributed by atoms with Crippen molar-refractivity contribution in [2.75, 3.05) is 29.7 Å². The van der Waals surface area contributed by atoms with Gasteiger partial charge in [0.05, 0.1) is 35.7 Å². The SMILES string of the molecule is CCl.CS(=O)(=O)Cc1ccc(-c2ccc(NN)nn2)cc1.CS(=O)(=O)Cc1ccc(-c2ccc(NNC(=O)Cc3ccc(Cl)cc3)nn2)cc1.O=C(O)Cc1ccc(Cl)cc1. The molecule has 1 amide bonds. The molecule has 0 atom stereocenters. The molecule has 0 saturated heterocycles. The van der Waals surface area contributed by atoms with Crippen LogP contribution in [-0.2, 0) is 53.6 Å². The topological polar surface area (TPSA) is 236 Å². The second-order valence-electron chi connectivity index (χ2n) is 13.0. The van der Waals surface area contributed by atoms with Crippen molar-refractivity contribution >= 4 is 78.0 Å². The minimum absolute atomic E-state index is 0.00245. The smallest absolute Gasteiger partial charge is 0.307 e. The molecule has 20 heteroatoms. The van der Waals surface area contributed by atoms with E-state index in [0.29, 0.717) is 38.6 Å². The van der Waals surface area contributed by atoms with E-state index in [1.807, 2.05) is 12.1 Å². The van der Waals surface area contributed by atoms with Crippen molar-refractivity contribution < 1.29 is 31.5 Å². The number of nitrogens with one attached hydrogen (secondary N) is 3. The number of hydrogen-bond acceptors (Lipinski definition) is 13. The lowest BCUT2D eigenvalue weighted by Crippen LogP contribution is -2.31. The maximum absolute atomic E-state index is 12.0. The van der Waals surface area contributed by atoms with E-state index < -0.39 is 25.6 Å². The van der Waals surface area contributed by atoms with Crippen molar-refractivity contribution in [2.45, 2.75) is 24.3 Å². The Morgan fingerprint density at radius 1 is 0.557 bits per heavy atom. The molecule has 0 unspecified atom stereocenters. The van der Waals surface area contributed by atoms with Crippen LogP contribution in [0.2, 0.25) is 10.0 Å². The third-order valence-corrected chi connectivity index (χ3v) is 9.93. The van der Waals surface area contributed by atoms with Crippen LogP contribution in [0.3, 0.4) is 0 Å². The van der Waals surface area contributed by atoms with E-state index in [-0.39, 0.29) is 30.3 Å². The summed E-state index contributed by atoms with van der Waals surface area (Å²) in [5, 5.41) is 25.7. The lowest BCUT2D eigenvalue weighted by molar-refractivity contribution is -0.136. The number of carboxylic acid groups (broad SMARTS) is 1. The third kappa shape index (κ3) is 19.5. The number of sulfone groups is 2. The Kier molecular flexibility index (Phi) is 20.0. The lowest BCUT2D eigenvalue weighted by atomic mass is 10.1. The zero-order valence-electron chi connectivity index (χ0n) is 33.1. The van der Waals surface area contributed by atoms with Gasteiger partial charge in [-0.25, -0.2) is 22.7 Å². The summed E-state index contributed by atoms with van der Waals surface area (Å²) in [7, 11) is -6.09. The minimum Gasteiger partial charge on any atom is -0.481 e. The van der Waals surface area contributed by atoms with Gasteiger partial charge >= 0.3 is 5.97 Å². The fourth-order valence-corrected chi connectivity index (χ4v) is 6.86.